The highest BCUT2D eigenvalue weighted by molar-refractivity contribution is 9.11. The molecule has 0 atom stereocenters. The summed E-state index contributed by atoms with van der Waals surface area (Å²) >= 11 is 4.86. The van der Waals surface area contributed by atoms with Crippen molar-refractivity contribution in [3.8, 4) is 5.75 Å². The number of amides is 1. The minimum Gasteiger partial charge on any atom is -0.492 e. The van der Waals surface area contributed by atoms with Crippen molar-refractivity contribution >= 4 is 33.2 Å². The van der Waals surface area contributed by atoms with Crippen LogP contribution in [0.15, 0.2) is 45.6 Å². The molecule has 0 bridgehead atoms. The third-order valence-corrected chi connectivity index (χ3v) is 4.10. The third kappa shape index (κ3) is 4.08. The molecule has 0 saturated carbocycles. The molecular weight excluding hydrogens is 326 g/mol. The van der Waals surface area contributed by atoms with Gasteiger partial charge in [0.15, 0.2) is 0 Å². The summed E-state index contributed by atoms with van der Waals surface area (Å²) in [5, 5.41) is 1.85. The van der Waals surface area contributed by atoms with E-state index in [4.69, 9.17) is 4.74 Å². The number of hydrogen-bond donors (Lipinski definition) is 0. The molecule has 1 heterocycles. The van der Waals surface area contributed by atoms with Crippen LogP contribution in [0.1, 0.15) is 10.4 Å². The lowest BCUT2D eigenvalue weighted by Gasteiger charge is -2.16. The molecule has 0 unspecified atom stereocenters. The van der Waals surface area contributed by atoms with E-state index < -0.39 is 0 Å². The first-order valence-corrected chi connectivity index (χ1v) is 7.51. The number of halogens is 1. The maximum absolute atomic E-state index is 12.1. The molecule has 19 heavy (non-hydrogen) atoms. The van der Waals surface area contributed by atoms with Gasteiger partial charge in [-0.2, -0.15) is 0 Å². The molecule has 0 aliphatic carbocycles. The molecular formula is C14H14BrNO2S. The van der Waals surface area contributed by atoms with E-state index >= 15 is 0 Å². The molecule has 3 nitrogen and oxygen atoms in total. The molecule has 5 heteroatoms. The van der Waals surface area contributed by atoms with Gasteiger partial charge in [-0.1, -0.05) is 18.2 Å². The Morgan fingerprint density at radius 2 is 2.11 bits per heavy atom. The fourth-order valence-corrected chi connectivity index (χ4v) is 2.69. The predicted molar refractivity (Wildman–Crippen MR) is 80.9 cm³/mol. The van der Waals surface area contributed by atoms with Crippen molar-refractivity contribution in [2.75, 3.05) is 20.2 Å². The Balaban J connectivity index is 1.81. The van der Waals surface area contributed by atoms with Crippen LogP contribution in [-0.4, -0.2) is 31.0 Å². The van der Waals surface area contributed by atoms with E-state index in [1.165, 1.54) is 11.3 Å². The molecule has 0 fully saturated rings. The zero-order valence-corrected chi connectivity index (χ0v) is 12.9. The molecule has 0 spiro atoms. The topological polar surface area (TPSA) is 29.5 Å². The Morgan fingerprint density at radius 3 is 2.74 bits per heavy atom. The maximum atomic E-state index is 12.1. The molecule has 100 valence electrons. The van der Waals surface area contributed by atoms with Gasteiger partial charge in [0.25, 0.3) is 5.91 Å². The number of nitrogens with zero attached hydrogens (tertiary/aromatic N) is 1. The quantitative estimate of drug-likeness (QED) is 0.831. The Morgan fingerprint density at radius 1 is 1.37 bits per heavy atom. The van der Waals surface area contributed by atoms with Crippen LogP contribution in [0.4, 0.5) is 0 Å². The molecule has 1 aromatic heterocycles. The van der Waals surface area contributed by atoms with Gasteiger partial charge in [0.1, 0.15) is 12.4 Å². The van der Waals surface area contributed by atoms with Crippen LogP contribution in [0.3, 0.4) is 0 Å². The maximum Gasteiger partial charge on any atom is 0.254 e. The summed E-state index contributed by atoms with van der Waals surface area (Å²) in [6, 6.07) is 11.4. The summed E-state index contributed by atoms with van der Waals surface area (Å²) in [7, 11) is 1.78. The fraction of sp³-hybridized carbons (Fsp3) is 0.214. The standard InChI is InChI=1S/C14H14BrNO2S/c1-16(14(17)11-9-13(15)19-10-11)7-8-18-12-5-3-2-4-6-12/h2-6,9-10H,7-8H2,1H3. The van der Waals surface area contributed by atoms with Crippen LogP contribution in [0.25, 0.3) is 0 Å². The number of rotatable bonds is 5. The summed E-state index contributed by atoms with van der Waals surface area (Å²) in [5.41, 5.74) is 0.707. The summed E-state index contributed by atoms with van der Waals surface area (Å²) in [4.78, 5) is 13.7. The highest BCUT2D eigenvalue weighted by Crippen LogP contribution is 2.21. The van der Waals surface area contributed by atoms with Crippen molar-refractivity contribution in [3.05, 3.63) is 51.1 Å². The number of hydrogen-bond acceptors (Lipinski definition) is 3. The molecule has 2 aromatic rings. The zero-order chi connectivity index (χ0) is 13.7. The Bertz CT molecular complexity index is 541. The van der Waals surface area contributed by atoms with Gasteiger partial charge in [0.2, 0.25) is 0 Å². The number of carbonyl (C=O) groups excluding carboxylic acids is 1. The minimum atomic E-state index is 0.0126. The zero-order valence-electron chi connectivity index (χ0n) is 10.5. The van der Waals surface area contributed by atoms with E-state index in [9.17, 15) is 4.79 Å². The van der Waals surface area contributed by atoms with E-state index in [1.54, 1.807) is 11.9 Å². The highest BCUT2D eigenvalue weighted by Gasteiger charge is 2.13. The molecule has 0 aliphatic rings. The van der Waals surface area contributed by atoms with Crippen molar-refractivity contribution < 1.29 is 9.53 Å². The van der Waals surface area contributed by atoms with Crippen molar-refractivity contribution in [2.24, 2.45) is 0 Å². The number of ether oxygens (including phenoxy) is 1. The van der Waals surface area contributed by atoms with Gasteiger partial charge < -0.3 is 9.64 Å². The average molecular weight is 340 g/mol. The fourth-order valence-electron chi connectivity index (χ4n) is 1.56. The van der Waals surface area contributed by atoms with Crippen LogP contribution in [0, 0.1) is 0 Å². The molecule has 0 saturated heterocycles. The van der Waals surface area contributed by atoms with Crippen LogP contribution in [-0.2, 0) is 0 Å². The Labute approximate surface area is 124 Å². The predicted octanol–water partition coefficient (Wildman–Crippen LogP) is 3.66. The van der Waals surface area contributed by atoms with Gasteiger partial charge in [0.05, 0.1) is 15.9 Å². The smallest absolute Gasteiger partial charge is 0.254 e. The van der Waals surface area contributed by atoms with Gasteiger partial charge in [-0.05, 0) is 34.1 Å². The molecule has 0 radical (unpaired) electrons. The SMILES string of the molecule is CN(CCOc1ccccc1)C(=O)c1csc(Br)c1. The molecule has 1 aromatic carbocycles. The van der Waals surface area contributed by atoms with E-state index in [0.717, 1.165) is 9.54 Å². The van der Waals surface area contributed by atoms with Crippen LogP contribution < -0.4 is 4.74 Å². The highest BCUT2D eigenvalue weighted by atomic mass is 79.9. The third-order valence-electron chi connectivity index (χ3n) is 2.60. The van der Waals surface area contributed by atoms with Crippen molar-refractivity contribution in [3.63, 3.8) is 0 Å². The molecule has 1 amide bonds. The molecule has 2 rings (SSSR count). The van der Waals surface area contributed by atoms with E-state index in [2.05, 4.69) is 15.9 Å². The van der Waals surface area contributed by atoms with Crippen LogP contribution >= 0.6 is 27.3 Å². The first-order valence-electron chi connectivity index (χ1n) is 5.84. The molecule has 0 aliphatic heterocycles. The first kappa shape index (κ1) is 14.1. The van der Waals surface area contributed by atoms with Crippen molar-refractivity contribution in [1.29, 1.82) is 0 Å². The Kier molecular flexibility index (Phi) is 4.99. The molecule has 0 N–H and O–H groups in total. The van der Waals surface area contributed by atoms with Gasteiger partial charge in [-0.25, -0.2) is 0 Å². The van der Waals surface area contributed by atoms with E-state index in [-0.39, 0.29) is 5.91 Å². The second kappa shape index (κ2) is 6.73. The number of benzene rings is 1. The van der Waals surface area contributed by atoms with Gasteiger partial charge in [0, 0.05) is 12.4 Å². The van der Waals surface area contributed by atoms with E-state index in [1.807, 2.05) is 41.8 Å². The second-order valence-corrected chi connectivity index (χ2v) is 6.32. The van der Waals surface area contributed by atoms with Gasteiger partial charge in [-0.15, -0.1) is 11.3 Å². The summed E-state index contributed by atoms with van der Waals surface area (Å²) < 4.78 is 6.53. The van der Waals surface area contributed by atoms with Crippen LogP contribution in [0.5, 0.6) is 5.75 Å². The van der Waals surface area contributed by atoms with Crippen LogP contribution in [0.2, 0.25) is 0 Å². The van der Waals surface area contributed by atoms with Gasteiger partial charge in [-0.3, -0.25) is 4.79 Å². The number of carbonyl (C=O) groups is 1. The number of likely N-dealkylation sites (N-methyl/N-ethyl adjacent to an activating group) is 1. The lowest BCUT2D eigenvalue weighted by molar-refractivity contribution is 0.0774. The first-order chi connectivity index (χ1) is 9.16. The lowest BCUT2D eigenvalue weighted by atomic mass is 10.3. The van der Waals surface area contributed by atoms with Crippen molar-refractivity contribution in [1.82, 2.24) is 4.90 Å². The largest absolute Gasteiger partial charge is 0.492 e. The summed E-state index contributed by atoms with van der Waals surface area (Å²) in [6.45, 7) is 1.04. The monoisotopic (exact) mass is 339 g/mol. The minimum absolute atomic E-state index is 0.0126. The second-order valence-electron chi connectivity index (χ2n) is 4.03. The van der Waals surface area contributed by atoms with E-state index in [0.29, 0.717) is 18.7 Å². The summed E-state index contributed by atoms with van der Waals surface area (Å²) in [6.07, 6.45) is 0. The summed E-state index contributed by atoms with van der Waals surface area (Å²) in [5.74, 6) is 0.834. The lowest BCUT2D eigenvalue weighted by Crippen LogP contribution is -2.30. The average Bonchev–Trinajstić information content (AvgIpc) is 2.85. The number of thiophene rings is 1. The Hall–Kier alpha value is -1.33. The van der Waals surface area contributed by atoms with Gasteiger partial charge >= 0.3 is 0 Å². The number of para-hydroxylation sites is 1. The normalized spacial score (nSPS) is 10.2. The van der Waals surface area contributed by atoms with Crippen molar-refractivity contribution in [2.45, 2.75) is 0 Å².